The molecule has 1 aliphatic rings. The Morgan fingerprint density at radius 2 is 1.78 bits per heavy atom. The molecule has 8 heteroatoms. The van der Waals surface area contributed by atoms with Gasteiger partial charge < -0.3 is 14.5 Å². The number of hydrogen-bond donors (Lipinski definition) is 0. The molecular weight excluding hydrogens is 344 g/mol. The van der Waals surface area contributed by atoms with E-state index in [1.54, 1.807) is 48.6 Å². The Morgan fingerprint density at radius 1 is 1.04 bits per heavy atom. The van der Waals surface area contributed by atoms with E-state index in [9.17, 15) is 4.79 Å². The van der Waals surface area contributed by atoms with Crippen LogP contribution < -0.4 is 9.64 Å². The molecule has 3 aromatic rings. The minimum atomic E-state index is 0.0391. The zero-order valence-electron chi connectivity index (χ0n) is 15.0. The van der Waals surface area contributed by atoms with E-state index in [2.05, 4.69) is 20.0 Å². The minimum Gasteiger partial charge on any atom is -0.497 e. The van der Waals surface area contributed by atoms with E-state index in [-0.39, 0.29) is 5.91 Å². The molecule has 1 aromatic carbocycles. The average Bonchev–Trinajstić information content (AvgIpc) is 3.29. The van der Waals surface area contributed by atoms with Gasteiger partial charge >= 0.3 is 0 Å². The van der Waals surface area contributed by atoms with E-state index in [0.29, 0.717) is 18.7 Å². The molecule has 138 valence electrons. The average molecular weight is 364 g/mol. The monoisotopic (exact) mass is 364 g/mol. The maximum atomic E-state index is 12.7. The molecular formula is C19H20N6O2. The summed E-state index contributed by atoms with van der Waals surface area (Å²) in [5.74, 6) is 2.35. The number of carbonyl (C=O) groups excluding carboxylic acids is 1. The zero-order chi connectivity index (χ0) is 18.6. The Hall–Kier alpha value is -3.42. The molecule has 0 atom stereocenters. The second-order valence-corrected chi connectivity index (χ2v) is 6.19. The van der Waals surface area contributed by atoms with E-state index < -0.39 is 0 Å². The van der Waals surface area contributed by atoms with Crippen molar-refractivity contribution in [3.63, 3.8) is 0 Å². The van der Waals surface area contributed by atoms with Crippen LogP contribution in [0.2, 0.25) is 0 Å². The van der Waals surface area contributed by atoms with Gasteiger partial charge in [0.1, 0.15) is 17.9 Å². The van der Waals surface area contributed by atoms with Gasteiger partial charge in [0.2, 0.25) is 0 Å². The van der Waals surface area contributed by atoms with E-state index in [0.717, 1.165) is 30.5 Å². The van der Waals surface area contributed by atoms with E-state index in [1.807, 2.05) is 23.2 Å². The van der Waals surface area contributed by atoms with E-state index in [4.69, 9.17) is 4.74 Å². The smallest absolute Gasteiger partial charge is 0.253 e. The second kappa shape index (κ2) is 7.45. The van der Waals surface area contributed by atoms with Crippen molar-refractivity contribution in [2.45, 2.75) is 0 Å². The molecule has 0 aliphatic carbocycles. The summed E-state index contributed by atoms with van der Waals surface area (Å²) < 4.78 is 6.85. The van der Waals surface area contributed by atoms with Crippen LogP contribution in [0.15, 0.2) is 55.1 Å². The molecule has 0 spiro atoms. The summed E-state index contributed by atoms with van der Waals surface area (Å²) in [7, 11) is 1.61. The van der Waals surface area contributed by atoms with Gasteiger partial charge in [0, 0.05) is 50.2 Å². The lowest BCUT2D eigenvalue weighted by atomic mass is 10.1. The van der Waals surface area contributed by atoms with Gasteiger partial charge in [-0.1, -0.05) is 0 Å². The van der Waals surface area contributed by atoms with Gasteiger partial charge in [0.25, 0.3) is 5.91 Å². The Balaban J connectivity index is 1.41. The molecule has 0 bridgehead atoms. The van der Waals surface area contributed by atoms with Gasteiger partial charge in [-0.05, 0) is 30.3 Å². The highest BCUT2D eigenvalue weighted by molar-refractivity contribution is 5.94. The van der Waals surface area contributed by atoms with Crippen molar-refractivity contribution in [1.29, 1.82) is 0 Å². The van der Waals surface area contributed by atoms with Crippen LogP contribution >= 0.6 is 0 Å². The van der Waals surface area contributed by atoms with Gasteiger partial charge in [-0.3, -0.25) is 4.79 Å². The molecule has 0 radical (unpaired) electrons. The van der Waals surface area contributed by atoms with Gasteiger partial charge in [-0.15, -0.1) is 0 Å². The summed E-state index contributed by atoms with van der Waals surface area (Å²) in [6, 6.07) is 11.0. The maximum Gasteiger partial charge on any atom is 0.253 e. The van der Waals surface area contributed by atoms with Crippen LogP contribution in [0.5, 0.6) is 5.75 Å². The first-order chi connectivity index (χ1) is 13.2. The number of rotatable bonds is 4. The molecule has 1 saturated heterocycles. The first-order valence-electron chi connectivity index (χ1n) is 8.75. The fraction of sp³-hybridized carbons (Fsp3) is 0.263. The Bertz CT molecular complexity index is 902. The second-order valence-electron chi connectivity index (χ2n) is 6.19. The Kier molecular flexibility index (Phi) is 4.69. The molecule has 2 aromatic heterocycles. The van der Waals surface area contributed by atoms with Crippen LogP contribution in [-0.2, 0) is 0 Å². The summed E-state index contributed by atoms with van der Waals surface area (Å²) >= 11 is 0. The summed E-state index contributed by atoms with van der Waals surface area (Å²) in [5, 5.41) is 4.20. The standard InChI is InChI=1S/C19H20N6O2/c1-27-16-5-3-15(4-6-16)19(26)24-11-9-23(10-12-24)17-13-18(21-14-20-17)25-8-2-7-22-25/h2-8,13-14H,9-12H2,1H3. The highest BCUT2D eigenvalue weighted by Gasteiger charge is 2.23. The SMILES string of the molecule is COc1ccc(C(=O)N2CCN(c3cc(-n4cccn4)ncn3)CC2)cc1. The van der Waals surface area contributed by atoms with Crippen molar-refractivity contribution < 1.29 is 9.53 Å². The highest BCUT2D eigenvalue weighted by atomic mass is 16.5. The van der Waals surface area contributed by atoms with Crippen molar-refractivity contribution >= 4 is 11.7 Å². The molecule has 1 aliphatic heterocycles. The van der Waals surface area contributed by atoms with Crippen LogP contribution in [0.3, 0.4) is 0 Å². The predicted molar refractivity (Wildman–Crippen MR) is 100 cm³/mol. The third kappa shape index (κ3) is 3.59. The largest absolute Gasteiger partial charge is 0.497 e. The van der Waals surface area contributed by atoms with Gasteiger partial charge in [-0.25, -0.2) is 14.6 Å². The molecule has 4 rings (SSSR count). The van der Waals surface area contributed by atoms with Gasteiger partial charge in [-0.2, -0.15) is 5.10 Å². The number of ether oxygens (including phenoxy) is 1. The van der Waals surface area contributed by atoms with Crippen LogP contribution in [0.4, 0.5) is 5.82 Å². The number of methoxy groups -OCH3 is 1. The van der Waals surface area contributed by atoms with Gasteiger partial charge in [0.15, 0.2) is 5.82 Å². The molecule has 1 amide bonds. The number of amides is 1. The molecule has 3 heterocycles. The highest BCUT2D eigenvalue weighted by Crippen LogP contribution is 2.18. The van der Waals surface area contributed by atoms with Crippen LogP contribution in [-0.4, -0.2) is 63.8 Å². The first-order valence-corrected chi connectivity index (χ1v) is 8.75. The lowest BCUT2D eigenvalue weighted by Gasteiger charge is -2.35. The summed E-state index contributed by atoms with van der Waals surface area (Å²) in [6.45, 7) is 2.73. The van der Waals surface area contributed by atoms with Crippen LogP contribution in [0, 0.1) is 0 Å². The lowest BCUT2D eigenvalue weighted by molar-refractivity contribution is 0.0746. The predicted octanol–water partition coefficient (Wildman–Crippen LogP) is 1.63. The molecule has 1 fully saturated rings. The Labute approximate surface area is 157 Å². The Morgan fingerprint density at radius 3 is 2.44 bits per heavy atom. The number of hydrogen-bond acceptors (Lipinski definition) is 6. The topological polar surface area (TPSA) is 76.4 Å². The third-order valence-corrected chi connectivity index (χ3v) is 4.61. The first kappa shape index (κ1) is 17.0. The molecule has 8 nitrogen and oxygen atoms in total. The number of carbonyl (C=O) groups is 1. The minimum absolute atomic E-state index is 0.0391. The quantitative estimate of drug-likeness (QED) is 0.700. The van der Waals surface area contributed by atoms with Gasteiger partial charge in [0.05, 0.1) is 7.11 Å². The molecule has 0 unspecified atom stereocenters. The summed E-state index contributed by atoms with van der Waals surface area (Å²) in [4.78, 5) is 25.3. The maximum absolute atomic E-state index is 12.7. The number of piperazine rings is 1. The number of nitrogens with zero attached hydrogens (tertiary/aromatic N) is 6. The van der Waals surface area contributed by atoms with Crippen LogP contribution in [0.25, 0.3) is 5.82 Å². The van der Waals surface area contributed by atoms with E-state index >= 15 is 0 Å². The van der Waals surface area contributed by atoms with Crippen molar-refractivity contribution in [2.24, 2.45) is 0 Å². The fourth-order valence-corrected chi connectivity index (χ4v) is 3.09. The summed E-state index contributed by atoms with van der Waals surface area (Å²) in [6.07, 6.45) is 5.10. The van der Waals surface area contributed by atoms with Crippen LogP contribution in [0.1, 0.15) is 10.4 Å². The molecule has 0 saturated carbocycles. The number of aromatic nitrogens is 4. The third-order valence-electron chi connectivity index (χ3n) is 4.61. The number of anilines is 1. The van der Waals surface area contributed by atoms with Crippen molar-refractivity contribution in [1.82, 2.24) is 24.6 Å². The van der Waals surface area contributed by atoms with E-state index in [1.165, 1.54) is 0 Å². The lowest BCUT2D eigenvalue weighted by Crippen LogP contribution is -2.49. The molecule has 0 N–H and O–H groups in total. The van der Waals surface area contributed by atoms with Crippen molar-refractivity contribution in [3.8, 4) is 11.6 Å². The summed E-state index contributed by atoms with van der Waals surface area (Å²) in [5.41, 5.74) is 0.673. The normalized spacial score (nSPS) is 14.3. The fourth-order valence-electron chi connectivity index (χ4n) is 3.09. The van der Waals surface area contributed by atoms with Crippen molar-refractivity contribution in [2.75, 3.05) is 38.2 Å². The zero-order valence-corrected chi connectivity index (χ0v) is 15.0. The van der Waals surface area contributed by atoms with Crippen molar-refractivity contribution in [3.05, 3.63) is 60.7 Å². The number of benzene rings is 1. The molecule has 27 heavy (non-hydrogen) atoms.